The number of hydrogen-bond donors (Lipinski definition) is 1. The van der Waals surface area contributed by atoms with Crippen molar-refractivity contribution in [1.29, 1.82) is 0 Å². The minimum Gasteiger partial charge on any atom is -0.493 e. The molecule has 152 valence electrons. The summed E-state index contributed by atoms with van der Waals surface area (Å²) in [6, 6.07) is 13.5. The highest BCUT2D eigenvalue weighted by Gasteiger charge is 2.09. The van der Waals surface area contributed by atoms with Gasteiger partial charge in [0.05, 0.1) is 18.8 Å². The molecule has 0 spiro atoms. The first-order chi connectivity index (χ1) is 14.0. The zero-order valence-electron chi connectivity index (χ0n) is 16.3. The largest absolute Gasteiger partial charge is 0.493 e. The Balaban J connectivity index is 1.83. The number of esters is 2. The molecule has 0 atom stereocenters. The number of anilines is 1. The summed E-state index contributed by atoms with van der Waals surface area (Å²) in [5.74, 6) is -0.922. The van der Waals surface area contributed by atoms with E-state index in [1.807, 2.05) is 19.1 Å². The first-order valence-corrected chi connectivity index (χ1v) is 9.17. The summed E-state index contributed by atoms with van der Waals surface area (Å²) in [6.45, 7) is 3.96. The first kappa shape index (κ1) is 21.7. The van der Waals surface area contributed by atoms with Crippen molar-refractivity contribution in [3.63, 3.8) is 0 Å². The minimum atomic E-state index is -0.649. The van der Waals surface area contributed by atoms with Crippen molar-refractivity contribution >= 4 is 29.6 Å². The van der Waals surface area contributed by atoms with E-state index >= 15 is 0 Å². The lowest BCUT2D eigenvalue weighted by Crippen LogP contribution is -2.20. The molecule has 7 nitrogen and oxygen atoms in total. The normalized spacial score (nSPS) is 10.4. The second-order valence-corrected chi connectivity index (χ2v) is 5.76. The fourth-order valence-electron chi connectivity index (χ4n) is 2.35. The summed E-state index contributed by atoms with van der Waals surface area (Å²) in [4.78, 5) is 35.4. The Labute approximate surface area is 169 Å². The van der Waals surface area contributed by atoms with Crippen molar-refractivity contribution in [1.82, 2.24) is 0 Å². The van der Waals surface area contributed by atoms with Crippen molar-refractivity contribution in [3.8, 4) is 5.75 Å². The number of para-hydroxylation sites is 1. The molecular formula is C22H23NO6. The Kier molecular flexibility index (Phi) is 8.44. The predicted molar refractivity (Wildman–Crippen MR) is 109 cm³/mol. The number of nitrogens with one attached hydrogen (secondary N) is 1. The molecule has 1 N–H and O–H groups in total. The molecule has 0 unspecified atom stereocenters. The highest BCUT2D eigenvalue weighted by molar-refractivity contribution is 5.95. The molecule has 0 saturated heterocycles. The minimum absolute atomic E-state index is 0.286. The smallest absolute Gasteiger partial charge is 0.338 e. The number of carbonyl (C=O) groups excluding carboxylic acids is 3. The molecule has 0 fully saturated rings. The van der Waals surface area contributed by atoms with E-state index in [0.717, 1.165) is 5.56 Å². The van der Waals surface area contributed by atoms with Crippen LogP contribution in [0.4, 0.5) is 5.69 Å². The monoisotopic (exact) mass is 397 g/mol. The maximum absolute atomic E-state index is 11.9. The highest BCUT2D eigenvalue weighted by atomic mass is 16.5. The Morgan fingerprint density at radius 3 is 2.34 bits per heavy atom. The number of hydrogen-bond acceptors (Lipinski definition) is 6. The summed E-state index contributed by atoms with van der Waals surface area (Å²) in [6.07, 6.45) is 2.80. The second kappa shape index (κ2) is 11.3. The van der Waals surface area contributed by atoms with Crippen LogP contribution in [0.25, 0.3) is 6.08 Å². The van der Waals surface area contributed by atoms with E-state index in [0.29, 0.717) is 23.6 Å². The van der Waals surface area contributed by atoms with E-state index in [2.05, 4.69) is 5.32 Å². The van der Waals surface area contributed by atoms with E-state index in [-0.39, 0.29) is 6.61 Å². The van der Waals surface area contributed by atoms with Gasteiger partial charge in [0.25, 0.3) is 5.91 Å². The third-order valence-electron chi connectivity index (χ3n) is 3.64. The van der Waals surface area contributed by atoms with Gasteiger partial charge in [-0.05, 0) is 50.3 Å². The molecule has 0 aromatic heterocycles. The molecule has 2 rings (SSSR count). The van der Waals surface area contributed by atoms with Gasteiger partial charge in [0, 0.05) is 17.3 Å². The van der Waals surface area contributed by atoms with E-state index in [9.17, 15) is 14.4 Å². The van der Waals surface area contributed by atoms with Crippen LogP contribution in [-0.4, -0.2) is 37.7 Å². The van der Waals surface area contributed by atoms with Gasteiger partial charge in [0.15, 0.2) is 6.61 Å². The van der Waals surface area contributed by atoms with Crippen molar-refractivity contribution < 1.29 is 28.6 Å². The molecule has 0 heterocycles. The molecule has 0 bridgehead atoms. The third-order valence-corrected chi connectivity index (χ3v) is 3.64. The van der Waals surface area contributed by atoms with Gasteiger partial charge in [-0.1, -0.05) is 18.2 Å². The van der Waals surface area contributed by atoms with Crippen LogP contribution in [0.2, 0.25) is 0 Å². The standard InChI is InChI=1S/C22H23NO6/c1-3-27-19-8-6-5-7-16(19)11-14-21(25)29-15-20(24)23-18-12-9-17(10-13-18)22(26)28-4-2/h5-14H,3-4,15H2,1-2H3,(H,23,24)/b14-11+. The molecule has 7 heteroatoms. The van der Waals surface area contributed by atoms with Gasteiger partial charge in [-0.3, -0.25) is 4.79 Å². The SMILES string of the molecule is CCOC(=O)c1ccc(NC(=O)COC(=O)/C=C/c2ccccc2OCC)cc1. The van der Waals surface area contributed by atoms with E-state index in [4.69, 9.17) is 14.2 Å². The van der Waals surface area contributed by atoms with Gasteiger partial charge in [-0.25, -0.2) is 9.59 Å². The zero-order valence-corrected chi connectivity index (χ0v) is 16.3. The molecule has 0 aliphatic carbocycles. The Morgan fingerprint density at radius 1 is 0.931 bits per heavy atom. The van der Waals surface area contributed by atoms with Gasteiger partial charge in [-0.15, -0.1) is 0 Å². The third kappa shape index (κ3) is 7.14. The summed E-state index contributed by atoms with van der Waals surface area (Å²) >= 11 is 0. The van der Waals surface area contributed by atoms with Crippen LogP contribution in [0.15, 0.2) is 54.6 Å². The van der Waals surface area contributed by atoms with Crippen LogP contribution in [0.1, 0.15) is 29.8 Å². The lowest BCUT2D eigenvalue weighted by atomic mass is 10.2. The topological polar surface area (TPSA) is 90.9 Å². The summed E-state index contributed by atoms with van der Waals surface area (Å²) in [7, 11) is 0. The molecule has 0 aliphatic rings. The summed E-state index contributed by atoms with van der Waals surface area (Å²) < 4.78 is 15.3. The van der Waals surface area contributed by atoms with E-state index in [1.165, 1.54) is 18.2 Å². The Hall–Kier alpha value is -3.61. The zero-order chi connectivity index (χ0) is 21.1. The molecule has 0 radical (unpaired) electrons. The van der Waals surface area contributed by atoms with Crippen LogP contribution in [0, 0.1) is 0 Å². The van der Waals surface area contributed by atoms with Crippen molar-refractivity contribution in [2.75, 3.05) is 25.1 Å². The van der Waals surface area contributed by atoms with Crippen molar-refractivity contribution in [2.45, 2.75) is 13.8 Å². The van der Waals surface area contributed by atoms with Crippen LogP contribution in [-0.2, 0) is 19.1 Å². The quantitative estimate of drug-likeness (QED) is 0.515. The van der Waals surface area contributed by atoms with Crippen LogP contribution in [0.5, 0.6) is 5.75 Å². The second-order valence-electron chi connectivity index (χ2n) is 5.76. The molecule has 0 saturated carbocycles. The number of amides is 1. The molecule has 2 aromatic rings. The van der Waals surface area contributed by atoms with Gasteiger partial charge in [0.1, 0.15) is 5.75 Å². The summed E-state index contributed by atoms with van der Waals surface area (Å²) in [5.41, 5.74) is 1.59. The molecular weight excluding hydrogens is 374 g/mol. The molecule has 2 aromatic carbocycles. The fraction of sp³-hybridized carbons (Fsp3) is 0.227. The van der Waals surface area contributed by atoms with Crippen molar-refractivity contribution in [2.24, 2.45) is 0 Å². The first-order valence-electron chi connectivity index (χ1n) is 9.17. The Bertz CT molecular complexity index is 873. The average molecular weight is 397 g/mol. The fourth-order valence-corrected chi connectivity index (χ4v) is 2.35. The molecule has 1 amide bonds. The van der Waals surface area contributed by atoms with Gasteiger partial charge < -0.3 is 19.5 Å². The number of carbonyl (C=O) groups is 3. The predicted octanol–water partition coefficient (Wildman–Crippen LogP) is 3.46. The lowest BCUT2D eigenvalue weighted by Gasteiger charge is -2.07. The van der Waals surface area contributed by atoms with Crippen LogP contribution >= 0.6 is 0 Å². The average Bonchev–Trinajstić information content (AvgIpc) is 2.72. The molecule has 29 heavy (non-hydrogen) atoms. The van der Waals surface area contributed by atoms with Crippen LogP contribution < -0.4 is 10.1 Å². The number of benzene rings is 2. The maximum atomic E-state index is 11.9. The highest BCUT2D eigenvalue weighted by Crippen LogP contribution is 2.19. The van der Waals surface area contributed by atoms with Gasteiger partial charge in [0.2, 0.25) is 0 Å². The van der Waals surface area contributed by atoms with Crippen LogP contribution in [0.3, 0.4) is 0 Å². The van der Waals surface area contributed by atoms with Crippen molar-refractivity contribution in [3.05, 3.63) is 65.7 Å². The van der Waals surface area contributed by atoms with Gasteiger partial charge in [-0.2, -0.15) is 0 Å². The maximum Gasteiger partial charge on any atom is 0.338 e. The summed E-state index contributed by atoms with van der Waals surface area (Å²) in [5, 5.41) is 2.58. The van der Waals surface area contributed by atoms with E-state index < -0.39 is 24.5 Å². The lowest BCUT2D eigenvalue weighted by molar-refractivity contribution is -0.142. The Morgan fingerprint density at radius 2 is 1.66 bits per heavy atom. The van der Waals surface area contributed by atoms with E-state index in [1.54, 1.807) is 37.3 Å². The number of ether oxygens (including phenoxy) is 3. The van der Waals surface area contributed by atoms with Gasteiger partial charge >= 0.3 is 11.9 Å². The molecule has 0 aliphatic heterocycles. The number of rotatable bonds is 9.